The molecule has 0 radical (unpaired) electrons. The summed E-state index contributed by atoms with van der Waals surface area (Å²) in [6, 6.07) is 0. The van der Waals surface area contributed by atoms with E-state index < -0.39 is 0 Å². The molecule has 5 nitrogen and oxygen atoms in total. The third kappa shape index (κ3) is 2.82. The first-order chi connectivity index (χ1) is 6.24. The summed E-state index contributed by atoms with van der Waals surface area (Å²) in [7, 11) is 3.91. The van der Waals surface area contributed by atoms with E-state index in [1.165, 1.54) is 12.3 Å². The Bertz CT molecular complexity index is 313. The fraction of sp³-hybridized carbons (Fsp3) is 0.500. The molecule has 0 saturated heterocycles. The quantitative estimate of drug-likeness (QED) is 0.508. The smallest absolute Gasteiger partial charge is 0.240 e. The third-order valence-corrected chi connectivity index (χ3v) is 1.58. The van der Waals surface area contributed by atoms with Crippen LogP contribution in [0.1, 0.15) is 5.76 Å². The van der Waals surface area contributed by atoms with Crippen LogP contribution in [0.2, 0.25) is 0 Å². The number of likely N-dealkylation sites (N-methyl/N-ethyl adjacent to an activating group) is 1. The van der Waals surface area contributed by atoms with Gasteiger partial charge in [-0.25, -0.2) is 4.79 Å². The highest BCUT2D eigenvalue weighted by Gasteiger charge is 2.06. The molecule has 0 aliphatic carbocycles. The van der Waals surface area contributed by atoms with Crippen molar-refractivity contribution < 1.29 is 9.32 Å². The number of hydrogen-bond acceptors (Lipinski definition) is 5. The van der Waals surface area contributed by atoms with Gasteiger partial charge in [-0.15, -0.1) is 0 Å². The van der Waals surface area contributed by atoms with Crippen molar-refractivity contribution in [1.82, 2.24) is 10.1 Å². The van der Waals surface area contributed by atoms with Crippen LogP contribution in [0.15, 0.2) is 15.7 Å². The Morgan fingerprint density at radius 1 is 1.69 bits per heavy atom. The molecule has 0 spiro atoms. The standard InChI is InChI=1S/C8H11N3O2/c1-11(2)4-3-8-7(9-6-12)5-10-13-8/h5H,3-4H2,1-2H3. The lowest BCUT2D eigenvalue weighted by molar-refractivity contribution is 0.350. The zero-order chi connectivity index (χ0) is 9.68. The van der Waals surface area contributed by atoms with Gasteiger partial charge in [-0.05, 0) is 14.1 Å². The molecule has 13 heavy (non-hydrogen) atoms. The van der Waals surface area contributed by atoms with Crippen molar-refractivity contribution in [3.8, 4) is 0 Å². The van der Waals surface area contributed by atoms with Crippen molar-refractivity contribution in [2.75, 3.05) is 20.6 Å². The SMILES string of the molecule is CN(C)CCc1oncc1N=C=O. The monoisotopic (exact) mass is 181 g/mol. The molecule has 1 rings (SSSR count). The largest absolute Gasteiger partial charge is 0.359 e. The minimum absolute atomic E-state index is 0.469. The summed E-state index contributed by atoms with van der Waals surface area (Å²) in [6.45, 7) is 0.830. The Morgan fingerprint density at radius 3 is 3.08 bits per heavy atom. The lowest BCUT2D eigenvalue weighted by Gasteiger charge is -2.06. The van der Waals surface area contributed by atoms with E-state index in [2.05, 4.69) is 10.1 Å². The molecular weight excluding hydrogens is 170 g/mol. The van der Waals surface area contributed by atoms with Crippen molar-refractivity contribution in [2.45, 2.75) is 6.42 Å². The zero-order valence-electron chi connectivity index (χ0n) is 7.65. The summed E-state index contributed by atoms with van der Waals surface area (Å²) < 4.78 is 4.92. The van der Waals surface area contributed by atoms with Gasteiger partial charge in [0.05, 0.1) is 6.20 Å². The van der Waals surface area contributed by atoms with Gasteiger partial charge >= 0.3 is 0 Å². The minimum atomic E-state index is 0.469. The molecule has 0 fully saturated rings. The third-order valence-electron chi connectivity index (χ3n) is 1.58. The van der Waals surface area contributed by atoms with Crippen LogP contribution in [0.5, 0.6) is 0 Å². The van der Waals surface area contributed by atoms with Gasteiger partial charge in [-0.3, -0.25) is 0 Å². The maximum Gasteiger partial charge on any atom is 0.240 e. The van der Waals surface area contributed by atoms with Gasteiger partial charge in [0.2, 0.25) is 6.08 Å². The molecule has 1 heterocycles. The van der Waals surface area contributed by atoms with E-state index in [-0.39, 0.29) is 0 Å². The fourth-order valence-corrected chi connectivity index (χ4v) is 0.898. The lowest BCUT2D eigenvalue weighted by Crippen LogP contribution is -2.14. The average molecular weight is 181 g/mol. The normalized spacial score (nSPS) is 10.1. The Morgan fingerprint density at radius 2 is 2.46 bits per heavy atom. The number of isocyanates is 1. The van der Waals surface area contributed by atoms with E-state index in [1.807, 2.05) is 19.0 Å². The first kappa shape index (κ1) is 9.64. The molecule has 0 bridgehead atoms. The minimum Gasteiger partial charge on any atom is -0.359 e. The summed E-state index contributed by atoms with van der Waals surface area (Å²) >= 11 is 0. The molecular formula is C8H11N3O2. The van der Waals surface area contributed by atoms with Gasteiger partial charge in [0.25, 0.3) is 0 Å². The number of nitrogens with zero attached hydrogens (tertiary/aromatic N) is 3. The van der Waals surface area contributed by atoms with Crippen LogP contribution in [-0.4, -0.2) is 36.8 Å². The van der Waals surface area contributed by atoms with Crippen LogP contribution in [0, 0.1) is 0 Å². The molecule has 70 valence electrons. The van der Waals surface area contributed by atoms with E-state index in [4.69, 9.17) is 4.52 Å². The molecule has 0 unspecified atom stereocenters. The van der Waals surface area contributed by atoms with Crippen molar-refractivity contribution in [3.05, 3.63) is 12.0 Å². The van der Waals surface area contributed by atoms with Crippen molar-refractivity contribution in [3.63, 3.8) is 0 Å². The van der Waals surface area contributed by atoms with Crippen LogP contribution >= 0.6 is 0 Å². The molecule has 5 heteroatoms. The molecule has 0 aromatic carbocycles. The molecule has 0 N–H and O–H groups in total. The van der Waals surface area contributed by atoms with E-state index in [1.54, 1.807) is 0 Å². The van der Waals surface area contributed by atoms with Crippen LogP contribution in [0.3, 0.4) is 0 Å². The number of rotatable bonds is 4. The molecule has 0 aliphatic rings. The molecule has 0 aliphatic heterocycles. The van der Waals surface area contributed by atoms with E-state index in [0.29, 0.717) is 17.9 Å². The first-order valence-electron chi connectivity index (χ1n) is 3.90. The second-order valence-corrected chi connectivity index (χ2v) is 2.89. The van der Waals surface area contributed by atoms with E-state index in [9.17, 15) is 4.79 Å². The average Bonchev–Trinajstić information content (AvgIpc) is 2.49. The molecule has 1 aromatic heterocycles. The lowest BCUT2D eigenvalue weighted by atomic mass is 10.3. The number of aliphatic imine (C=N–C) groups is 1. The zero-order valence-corrected chi connectivity index (χ0v) is 7.65. The maximum atomic E-state index is 9.99. The van der Waals surface area contributed by atoms with Gasteiger partial charge in [0.1, 0.15) is 5.69 Å². The maximum absolute atomic E-state index is 9.99. The first-order valence-corrected chi connectivity index (χ1v) is 3.90. The van der Waals surface area contributed by atoms with Crippen molar-refractivity contribution in [2.24, 2.45) is 4.99 Å². The second-order valence-electron chi connectivity index (χ2n) is 2.89. The Balaban J connectivity index is 2.65. The second kappa shape index (κ2) is 4.54. The van der Waals surface area contributed by atoms with Gasteiger partial charge in [-0.2, -0.15) is 4.99 Å². The van der Waals surface area contributed by atoms with Gasteiger partial charge < -0.3 is 9.42 Å². The van der Waals surface area contributed by atoms with Crippen LogP contribution in [0.4, 0.5) is 5.69 Å². The van der Waals surface area contributed by atoms with Gasteiger partial charge in [0, 0.05) is 13.0 Å². The van der Waals surface area contributed by atoms with Crippen molar-refractivity contribution >= 4 is 11.8 Å². The van der Waals surface area contributed by atoms with Crippen molar-refractivity contribution in [1.29, 1.82) is 0 Å². The van der Waals surface area contributed by atoms with Gasteiger partial charge in [-0.1, -0.05) is 5.16 Å². The predicted octanol–water partition coefficient (Wildman–Crippen LogP) is 0.746. The Kier molecular flexibility index (Phi) is 3.37. The summed E-state index contributed by atoms with van der Waals surface area (Å²) in [6.07, 6.45) is 3.56. The topological polar surface area (TPSA) is 58.7 Å². The van der Waals surface area contributed by atoms with Crippen LogP contribution < -0.4 is 0 Å². The van der Waals surface area contributed by atoms with E-state index in [0.717, 1.165) is 6.54 Å². The predicted molar refractivity (Wildman–Crippen MR) is 46.5 cm³/mol. The Hall–Kier alpha value is -1.45. The number of aromatic nitrogens is 1. The summed E-state index contributed by atoms with van der Waals surface area (Å²) in [5.41, 5.74) is 0.469. The highest BCUT2D eigenvalue weighted by molar-refractivity contribution is 5.49. The number of carbonyl (C=O) groups excluding carboxylic acids is 1. The number of hydrogen-bond donors (Lipinski definition) is 0. The Labute approximate surface area is 76.0 Å². The van der Waals surface area contributed by atoms with Crippen LogP contribution in [0.25, 0.3) is 0 Å². The molecule has 0 amide bonds. The van der Waals surface area contributed by atoms with Crippen LogP contribution in [-0.2, 0) is 11.2 Å². The molecule has 0 saturated carbocycles. The highest BCUT2D eigenvalue weighted by Crippen LogP contribution is 2.17. The highest BCUT2D eigenvalue weighted by atomic mass is 16.5. The summed E-state index contributed by atoms with van der Waals surface area (Å²) in [5.74, 6) is 0.622. The van der Waals surface area contributed by atoms with Gasteiger partial charge in [0.15, 0.2) is 5.76 Å². The summed E-state index contributed by atoms with van der Waals surface area (Å²) in [5, 5.41) is 3.55. The summed E-state index contributed by atoms with van der Waals surface area (Å²) in [4.78, 5) is 15.5. The van der Waals surface area contributed by atoms with E-state index >= 15 is 0 Å². The molecule has 0 atom stereocenters. The molecule has 1 aromatic rings. The fourth-order valence-electron chi connectivity index (χ4n) is 0.898.